The second-order valence-electron chi connectivity index (χ2n) is 4.61. The van der Waals surface area contributed by atoms with Crippen LogP contribution in [-0.2, 0) is 9.84 Å². The van der Waals surface area contributed by atoms with E-state index in [1.165, 1.54) is 6.26 Å². The molecule has 1 aromatic carbocycles. The highest BCUT2D eigenvalue weighted by Crippen LogP contribution is 2.28. The van der Waals surface area contributed by atoms with Crippen LogP contribution >= 0.6 is 0 Å². The molecule has 0 aliphatic carbocycles. The van der Waals surface area contributed by atoms with E-state index in [0.29, 0.717) is 11.6 Å². The van der Waals surface area contributed by atoms with Crippen LogP contribution in [0, 0.1) is 0 Å². The van der Waals surface area contributed by atoms with E-state index in [1.807, 2.05) is 6.07 Å². The maximum absolute atomic E-state index is 11.6. The Balaban J connectivity index is 2.37. The summed E-state index contributed by atoms with van der Waals surface area (Å²) in [5.41, 5.74) is 7.11. The molecule has 1 fully saturated rings. The van der Waals surface area contributed by atoms with Crippen LogP contribution in [0.5, 0.6) is 0 Å². The second kappa shape index (κ2) is 4.66. The molecule has 0 aromatic heterocycles. The highest BCUT2D eigenvalue weighted by atomic mass is 32.2. The summed E-state index contributed by atoms with van der Waals surface area (Å²) < 4.78 is 23.2. The number of hydrogen-bond acceptors (Lipinski definition) is 4. The molecule has 1 aromatic rings. The summed E-state index contributed by atoms with van der Waals surface area (Å²) in [5.74, 6) is 0.393. The minimum atomic E-state index is -3.24. The van der Waals surface area contributed by atoms with Gasteiger partial charge in [0, 0.05) is 12.8 Å². The first-order chi connectivity index (χ1) is 7.98. The van der Waals surface area contributed by atoms with Crippen LogP contribution in [0.15, 0.2) is 23.1 Å². The molecule has 1 aliphatic heterocycles. The molecule has 17 heavy (non-hydrogen) atoms. The van der Waals surface area contributed by atoms with Crippen LogP contribution in [0.2, 0.25) is 0 Å². The molecule has 2 rings (SSSR count). The van der Waals surface area contributed by atoms with E-state index >= 15 is 0 Å². The van der Waals surface area contributed by atoms with Gasteiger partial charge in [0.1, 0.15) is 0 Å². The lowest BCUT2D eigenvalue weighted by Crippen LogP contribution is -2.28. The van der Waals surface area contributed by atoms with Gasteiger partial charge in [-0.3, -0.25) is 0 Å². The zero-order valence-corrected chi connectivity index (χ0v) is 10.8. The first-order valence-corrected chi connectivity index (χ1v) is 7.68. The highest BCUT2D eigenvalue weighted by Gasteiger charge is 2.18. The molecule has 1 aliphatic rings. The molecule has 0 saturated carbocycles. The topological polar surface area (TPSA) is 72.2 Å². The SMILES string of the molecule is CS(=O)(=O)c1cc(C2CCCNC2)ccc1N. The molecule has 94 valence electrons. The predicted molar refractivity (Wildman–Crippen MR) is 68.8 cm³/mol. The number of nitrogen functional groups attached to an aromatic ring is 1. The lowest BCUT2D eigenvalue weighted by molar-refractivity contribution is 0.461. The molecule has 4 nitrogen and oxygen atoms in total. The van der Waals surface area contributed by atoms with Gasteiger partial charge in [0.25, 0.3) is 0 Å². The largest absolute Gasteiger partial charge is 0.398 e. The number of nitrogens with two attached hydrogens (primary N) is 1. The van der Waals surface area contributed by atoms with Gasteiger partial charge in [0.2, 0.25) is 0 Å². The number of anilines is 1. The van der Waals surface area contributed by atoms with Gasteiger partial charge in [0.15, 0.2) is 9.84 Å². The van der Waals surface area contributed by atoms with Gasteiger partial charge in [-0.25, -0.2) is 8.42 Å². The Hall–Kier alpha value is -1.07. The minimum Gasteiger partial charge on any atom is -0.398 e. The fraction of sp³-hybridized carbons (Fsp3) is 0.500. The van der Waals surface area contributed by atoms with Gasteiger partial charge in [-0.2, -0.15) is 0 Å². The Bertz CT molecular complexity index is 505. The average Bonchev–Trinajstić information content (AvgIpc) is 2.29. The smallest absolute Gasteiger partial charge is 0.177 e. The van der Waals surface area contributed by atoms with E-state index in [4.69, 9.17) is 5.73 Å². The number of benzene rings is 1. The number of nitrogens with one attached hydrogen (secondary N) is 1. The number of rotatable bonds is 2. The van der Waals surface area contributed by atoms with Crippen LogP contribution < -0.4 is 11.1 Å². The quantitative estimate of drug-likeness (QED) is 0.776. The third-order valence-corrected chi connectivity index (χ3v) is 4.36. The molecule has 3 N–H and O–H groups in total. The molecule has 0 radical (unpaired) electrons. The van der Waals surface area contributed by atoms with Crippen LogP contribution in [0.25, 0.3) is 0 Å². The maximum Gasteiger partial charge on any atom is 0.177 e. The first kappa shape index (κ1) is 12.4. The minimum absolute atomic E-state index is 0.251. The van der Waals surface area contributed by atoms with Crippen molar-refractivity contribution in [2.24, 2.45) is 0 Å². The molecule has 1 unspecified atom stereocenters. The van der Waals surface area contributed by atoms with Crippen LogP contribution in [0.1, 0.15) is 24.3 Å². The van der Waals surface area contributed by atoms with Crippen LogP contribution in [0.3, 0.4) is 0 Å². The molecule has 1 saturated heterocycles. The fourth-order valence-electron chi connectivity index (χ4n) is 2.26. The second-order valence-corrected chi connectivity index (χ2v) is 6.60. The Morgan fingerprint density at radius 3 is 2.76 bits per heavy atom. The summed E-state index contributed by atoms with van der Waals surface area (Å²) >= 11 is 0. The normalized spacial score (nSPS) is 21.4. The van der Waals surface area contributed by atoms with Crippen molar-refractivity contribution in [2.75, 3.05) is 25.1 Å². The highest BCUT2D eigenvalue weighted by molar-refractivity contribution is 7.90. The Labute approximate surface area is 102 Å². The lowest BCUT2D eigenvalue weighted by Gasteiger charge is -2.23. The maximum atomic E-state index is 11.6. The average molecular weight is 254 g/mol. The van der Waals surface area contributed by atoms with Crippen molar-refractivity contribution < 1.29 is 8.42 Å². The molecular formula is C12H18N2O2S. The predicted octanol–water partition coefficient (Wildman–Crippen LogP) is 1.14. The number of piperidine rings is 1. The number of sulfone groups is 1. The van der Waals surface area contributed by atoms with Crippen molar-refractivity contribution in [1.82, 2.24) is 5.32 Å². The van der Waals surface area contributed by atoms with Crippen molar-refractivity contribution in [3.05, 3.63) is 23.8 Å². The summed E-state index contributed by atoms with van der Waals surface area (Å²) in [6.07, 6.45) is 3.42. The van der Waals surface area contributed by atoms with Crippen molar-refractivity contribution in [1.29, 1.82) is 0 Å². The van der Waals surface area contributed by atoms with Crippen LogP contribution in [-0.4, -0.2) is 27.8 Å². The van der Waals surface area contributed by atoms with Gasteiger partial charge >= 0.3 is 0 Å². The summed E-state index contributed by atoms with van der Waals surface area (Å²) in [4.78, 5) is 0.251. The van der Waals surface area contributed by atoms with E-state index in [2.05, 4.69) is 5.32 Å². The van der Waals surface area contributed by atoms with E-state index in [0.717, 1.165) is 31.5 Å². The third kappa shape index (κ3) is 2.79. The molecule has 1 atom stereocenters. The van der Waals surface area contributed by atoms with Crippen molar-refractivity contribution in [3.8, 4) is 0 Å². The zero-order chi connectivity index (χ0) is 12.5. The van der Waals surface area contributed by atoms with Gasteiger partial charge < -0.3 is 11.1 Å². The lowest BCUT2D eigenvalue weighted by atomic mass is 9.91. The molecule has 0 amide bonds. The fourth-order valence-corrected chi connectivity index (χ4v) is 3.11. The zero-order valence-electron chi connectivity index (χ0n) is 9.94. The van der Waals surface area contributed by atoms with Gasteiger partial charge in [0.05, 0.1) is 10.6 Å². The number of hydrogen-bond donors (Lipinski definition) is 2. The standard InChI is InChI=1S/C12H18N2O2S/c1-17(15,16)12-7-9(4-5-11(12)13)10-3-2-6-14-8-10/h4-5,7,10,14H,2-3,6,8,13H2,1H3. The molecule has 1 heterocycles. The molecule has 5 heteroatoms. The summed E-state index contributed by atoms with van der Waals surface area (Å²) in [6, 6.07) is 5.35. The Morgan fingerprint density at radius 2 is 2.18 bits per heavy atom. The van der Waals surface area contributed by atoms with E-state index in [9.17, 15) is 8.42 Å². The Morgan fingerprint density at radius 1 is 1.41 bits per heavy atom. The summed E-state index contributed by atoms with van der Waals surface area (Å²) in [7, 11) is -3.24. The molecular weight excluding hydrogens is 236 g/mol. The van der Waals surface area contributed by atoms with Crippen molar-refractivity contribution in [3.63, 3.8) is 0 Å². The van der Waals surface area contributed by atoms with Gasteiger partial charge in [-0.1, -0.05) is 6.07 Å². The monoisotopic (exact) mass is 254 g/mol. The first-order valence-electron chi connectivity index (χ1n) is 5.78. The van der Waals surface area contributed by atoms with Crippen molar-refractivity contribution in [2.45, 2.75) is 23.7 Å². The van der Waals surface area contributed by atoms with Crippen molar-refractivity contribution >= 4 is 15.5 Å². The van der Waals surface area contributed by atoms with E-state index in [1.54, 1.807) is 12.1 Å². The van der Waals surface area contributed by atoms with E-state index < -0.39 is 9.84 Å². The molecule has 0 bridgehead atoms. The third-order valence-electron chi connectivity index (χ3n) is 3.21. The van der Waals surface area contributed by atoms with Gasteiger partial charge in [-0.05, 0) is 43.0 Å². The van der Waals surface area contributed by atoms with Crippen LogP contribution in [0.4, 0.5) is 5.69 Å². The van der Waals surface area contributed by atoms with Gasteiger partial charge in [-0.15, -0.1) is 0 Å². The molecule has 0 spiro atoms. The summed E-state index contributed by atoms with van der Waals surface area (Å²) in [6.45, 7) is 1.96. The summed E-state index contributed by atoms with van der Waals surface area (Å²) in [5, 5.41) is 3.33. The van der Waals surface area contributed by atoms with E-state index in [-0.39, 0.29) is 4.90 Å². The Kier molecular flexibility index (Phi) is 3.40.